The maximum Gasteiger partial charge on any atom is 0.164 e. The highest BCUT2D eigenvalue weighted by atomic mass is 79.9. The van der Waals surface area contributed by atoms with E-state index in [-0.39, 0.29) is 6.61 Å². The Balaban J connectivity index is 3.39. The molecule has 1 aromatic rings. The van der Waals surface area contributed by atoms with Crippen molar-refractivity contribution in [1.29, 1.82) is 0 Å². The lowest BCUT2D eigenvalue weighted by Crippen LogP contribution is -1.98. The largest absolute Gasteiger partial charge is 0.493 e. The van der Waals surface area contributed by atoms with E-state index in [1.165, 1.54) is 0 Å². The molecule has 0 fully saturated rings. The van der Waals surface area contributed by atoms with Gasteiger partial charge < -0.3 is 14.6 Å². The Morgan fingerprint density at radius 3 is 2.43 bits per heavy atom. The van der Waals surface area contributed by atoms with Crippen LogP contribution < -0.4 is 9.47 Å². The van der Waals surface area contributed by atoms with E-state index in [1.807, 2.05) is 6.92 Å². The number of benzene rings is 1. The predicted molar refractivity (Wildman–Crippen MR) is 57.9 cm³/mol. The zero-order valence-electron chi connectivity index (χ0n) is 8.43. The highest BCUT2D eigenvalue weighted by Gasteiger charge is 2.14. The van der Waals surface area contributed by atoms with Gasteiger partial charge in [0, 0.05) is 10.0 Å². The van der Waals surface area contributed by atoms with Crippen LogP contribution in [0.3, 0.4) is 0 Å². The van der Waals surface area contributed by atoms with Crippen molar-refractivity contribution in [3.05, 3.63) is 21.7 Å². The second-order valence-corrected chi connectivity index (χ2v) is 3.71. The molecule has 14 heavy (non-hydrogen) atoms. The van der Waals surface area contributed by atoms with E-state index in [2.05, 4.69) is 15.9 Å². The van der Waals surface area contributed by atoms with Gasteiger partial charge >= 0.3 is 0 Å². The highest BCUT2D eigenvalue weighted by Crippen LogP contribution is 2.37. The van der Waals surface area contributed by atoms with Gasteiger partial charge in [-0.1, -0.05) is 15.9 Å². The topological polar surface area (TPSA) is 38.7 Å². The number of aliphatic hydroxyl groups excluding tert-OH is 1. The molecule has 0 aliphatic rings. The van der Waals surface area contributed by atoms with Crippen LogP contribution in [0.1, 0.15) is 11.1 Å². The van der Waals surface area contributed by atoms with Crippen molar-refractivity contribution >= 4 is 15.9 Å². The number of aliphatic hydroxyl groups is 1. The van der Waals surface area contributed by atoms with Crippen LogP contribution in [0.25, 0.3) is 0 Å². The molecule has 78 valence electrons. The molecule has 4 heteroatoms. The second kappa shape index (κ2) is 4.66. The van der Waals surface area contributed by atoms with Gasteiger partial charge in [0.1, 0.15) is 0 Å². The summed E-state index contributed by atoms with van der Waals surface area (Å²) in [6.45, 7) is 1.87. The average molecular weight is 261 g/mol. The first-order valence-corrected chi connectivity index (χ1v) is 4.95. The monoisotopic (exact) mass is 260 g/mol. The summed E-state index contributed by atoms with van der Waals surface area (Å²) in [4.78, 5) is 0. The van der Waals surface area contributed by atoms with Crippen molar-refractivity contribution in [3.8, 4) is 11.5 Å². The summed E-state index contributed by atoms with van der Waals surface area (Å²) in [6, 6.07) is 1.79. The van der Waals surface area contributed by atoms with Gasteiger partial charge in [0.05, 0.1) is 20.8 Å². The van der Waals surface area contributed by atoms with Crippen LogP contribution in [0.5, 0.6) is 11.5 Å². The van der Waals surface area contributed by atoms with Gasteiger partial charge in [-0.15, -0.1) is 0 Å². The SMILES string of the molecule is COc1cc(Br)c(CO)c(C)c1OC. The Morgan fingerprint density at radius 2 is 2.00 bits per heavy atom. The Morgan fingerprint density at radius 1 is 1.36 bits per heavy atom. The van der Waals surface area contributed by atoms with Crippen molar-refractivity contribution in [2.75, 3.05) is 14.2 Å². The molecule has 0 bridgehead atoms. The summed E-state index contributed by atoms with van der Waals surface area (Å²) in [5, 5.41) is 9.16. The summed E-state index contributed by atoms with van der Waals surface area (Å²) >= 11 is 3.37. The molecule has 1 aromatic carbocycles. The minimum atomic E-state index is -0.0211. The molecule has 0 unspecified atom stereocenters. The molecule has 1 N–H and O–H groups in total. The Bertz CT molecular complexity index is 337. The van der Waals surface area contributed by atoms with E-state index < -0.39 is 0 Å². The fourth-order valence-electron chi connectivity index (χ4n) is 1.37. The lowest BCUT2D eigenvalue weighted by molar-refractivity contribution is 0.278. The fraction of sp³-hybridized carbons (Fsp3) is 0.400. The minimum absolute atomic E-state index is 0.0211. The fourth-order valence-corrected chi connectivity index (χ4v) is 2.00. The molecule has 0 aliphatic heterocycles. The Kier molecular flexibility index (Phi) is 3.77. The van der Waals surface area contributed by atoms with Gasteiger partial charge in [-0.05, 0) is 18.6 Å². The highest BCUT2D eigenvalue weighted by molar-refractivity contribution is 9.10. The third kappa shape index (κ3) is 1.86. The molecular formula is C10H13BrO3. The molecule has 3 nitrogen and oxygen atoms in total. The number of hydrogen-bond donors (Lipinski definition) is 1. The van der Waals surface area contributed by atoms with Crippen molar-refractivity contribution in [2.24, 2.45) is 0 Å². The quantitative estimate of drug-likeness (QED) is 0.907. The van der Waals surface area contributed by atoms with E-state index in [0.29, 0.717) is 11.5 Å². The summed E-state index contributed by atoms with van der Waals surface area (Å²) in [7, 11) is 3.17. The summed E-state index contributed by atoms with van der Waals surface area (Å²) < 4.78 is 11.2. The molecule has 0 aliphatic carbocycles. The lowest BCUT2D eigenvalue weighted by atomic mass is 10.1. The van der Waals surface area contributed by atoms with Crippen LogP contribution in [0, 0.1) is 6.92 Å². The number of halogens is 1. The standard InChI is InChI=1S/C10H13BrO3/c1-6-7(5-12)8(11)4-9(13-2)10(6)14-3/h4,12H,5H2,1-3H3. The molecule has 0 saturated carbocycles. The predicted octanol–water partition coefficient (Wildman–Crippen LogP) is 2.27. The van der Waals surface area contributed by atoms with Crippen molar-refractivity contribution in [2.45, 2.75) is 13.5 Å². The van der Waals surface area contributed by atoms with E-state index in [0.717, 1.165) is 15.6 Å². The summed E-state index contributed by atoms with van der Waals surface area (Å²) in [5.74, 6) is 1.33. The summed E-state index contributed by atoms with van der Waals surface area (Å²) in [6.07, 6.45) is 0. The maximum absolute atomic E-state index is 9.16. The first-order chi connectivity index (χ1) is 6.65. The second-order valence-electron chi connectivity index (χ2n) is 2.86. The molecule has 0 heterocycles. The summed E-state index contributed by atoms with van der Waals surface area (Å²) in [5.41, 5.74) is 1.71. The average Bonchev–Trinajstić information content (AvgIpc) is 2.17. The molecular weight excluding hydrogens is 248 g/mol. The van der Waals surface area contributed by atoms with Crippen molar-refractivity contribution < 1.29 is 14.6 Å². The van der Waals surface area contributed by atoms with E-state index in [4.69, 9.17) is 14.6 Å². The lowest BCUT2D eigenvalue weighted by Gasteiger charge is -2.14. The third-order valence-electron chi connectivity index (χ3n) is 2.15. The van der Waals surface area contributed by atoms with Gasteiger partial charge in [0.15, 0.2) is 11.5 Å². The number of methoxy groups -OCH3 is 2. The van der Waals surface area contributed by atoms with Crippen LogP contribution in [0.4, 0.5) is 0 Å². The Labute approximate surface area is 91.8 Å². The third-order valence-corrected chi connectivity index (χ3v) is 2.85. The van der Waals surface area contributed by atoms with E-state index in [1.54, 1.807) is 20.3 Å². The smallest absolute Gasteiger partial charge is 0.164 e. The number of rotatable bonds is 3. The molecule has 0 atom stereocenters. The van der Waals surface area contributed by atoms with E-state index in [9.17, 15) is 0 Å². The van der Waals surface area contributed by atoms with Gasteiger partial charge in [0.2, 0.25) is 0 Å². The van der Waals surface area contributed by atoms with Crippen LogP contribution in [-0.2, 0) is 6.61 Å². The van der Waals surface area contributed by atoms with Gasteiger partial charge in [-0.2, -0.15) is 0 Å². The molecule has 0 aromatic heterocycles. The molecule has 0 spiro atoms. The van der Waals surface area contributed by atoms with Crippen molar-refractivity contribution in [1.82, 2.24) is 0 Å². The van der Waals surface area contributed by atoms with Crippen LogP contribution >= 0.6 is 15.9 Å². The minimum Gasteiger partial charge on any atom is -0.493 e. The van der Waals surface area contributed by atoms with E-state index >= 15 is 0 Å². The van der Waals surface area contributed by atoms with Gasteiger partial charge in [-0.3, -0.25) is 0 Å². The molecule has 0 saturated heterocycles. The molecule has 0 amide bonds. The number of ether oxygens (including phenoxy) is 2. The maximum atomic E-state index is 9.16. The zero-order valence-corrected chi connectivity index (χ0v) is 10.0. The zero-order chi connectivity index (χ0) is 10.7. The van der Waals surface area contributed by atoms with Crippen LogP contribution in [-0.4, -0.2) is 19.3 Å². The molecule has 1 rings (SSSR count). The normalized spacial score (nSPS) is 10.1. The first-order valence-electron chi connectivity index (χ1n) is 4.16. The molecule has 0 radical (unpaired) electrons. The van der Waals surface area contributed by atoms with Gasteiger partial charge in [-0.25, -0.2) is 0 Å². The first kappa shape index (κ1) is 11.3. The van der Waals surface area contributed by atoms with Crippen LogP contribution in [0.2, 0.25) is 0 Å². The Hall–Kier alpha value is -0.740. The van der Waals surface area contributed by atoms with Crippen molar-refractivity contribution in [3.63, 3.8) is 0 Å². The number of hydrogen-bond acceptors (Lipinski definition) is 3. The van der Waals surface area contributed by atoms with Gasteiger partial charge in [0.25, 0.3) is 0 Å². The van der Waals surface area contributed by atoms with Crippen LogP contribution in [0.15, 0.2) is 10.5 Å².